The second-order valence-corrected chi connectivity index (χ2v) is 9.18. The van der Waals surface area contributed by atoms with E-state index in [1.54, 1.807) is 39.8 Å². The van der Waals surface area contributed by atoms with Crippen LogP contribution in [0.25, 0.3) is 0 Å². The Balaban J connectivity index is 3.05. The summed E-state index contributed by atoms with van der Waals surface area (Å²) in [4.78, 5) is 25.2. The molecule has 0 radical (unpaired) electrons. The van der Waals surface area contributed by atoms with E-state index in [4.69, 9.17) is 9.47 Å². The Hall–Kier alpha value is -1.15. The molecule has 1 unspecified atom stereocenters. The second-order valence-electron chi connectivity index (χ2n) is 7.93. The predicted molar refractivity (Wildman–Crippen MR) is 107 cm³/mol. The number of ketones is 1. The lowest BCUT2D eigenvalue weighted by atomic mass is 9.99. The van der Waals surface area contributed by atoms with Crippen LogP contribution >= 0.6 is 22.6 Å². The van der Waals surface area contributed by atoms with Crippen LogP contribution in [0.1, 0.15) is 58.8 Å². The van der Waals surface area contributed by atoms with Crippen LogP contribution in [-0.2, 0) is 9.47 Å². The molecule has 2 atom stereocenters. The first-order valence-electron chi connectivity index (χ1n) is 8.25. The highest BCUT2D eigenvalue weighted by Crippen LogP contribution is 2.18. The molecule has 0 spiro atoms. The van der Waals surface area contributed by atoms with Crippen molar-refractivity contribution in [2.45, 2.75) is 71.8 Å². The first-order chi connectivity index (χ1) is 11.3. The Bertz CT molecular complexity index is 617. The van der Waals surface area contributed by atoms with Gasteiger partial charge in [0.15, 0.2) is 5.78 Å². The zero-order valence-corrected chi connectivity index (χ0v) is 18.1. The van der Waals surface area contributed by atoms with Gasteiger partial charge in [-0.1, -0.05) is 12.1 Å². The van der Waals surface area contributed by atoms with Crippen LogP contribution < -0.4 is 5.32 Å². The van der Waals surface area contributed by atoms with Gasteiger partial charge < -0.3 is 14.8 Å². The number of ether oxygens (including phenoxy) is 2. The molecular formula is C19H28INO4. The minimum Gasteiger partial charge on any atom is -0.444 e. The van der Waals surface area contributed by atoms with E-state index in [9.17, 15) is 9.59 Å². The molecule has 1 aromatic rings. The number of carbonyl (C=O) groups excluding carboxylic acids is 2. The van der Waals surface area contributed by atoms with Crippen LogP contribution in [0, 0.1) is 3.57 Å². The lowest BCUT2D eigenvalue weighted by molar-refractivity contribution is -0.0621. The van der Waals surface area contributed by atoms with E-state index in [1.807, 2.05) is 32.9 Å². The zero-order chi connectivity index (χ0) is 19.4. The van der Waals surface area contributed by atoms with Gasteiger partial charge in [0, 0.05) is 9.13 Å². The third-order valence-corrected chi connectivity index (χ3v) is 3.74. The molecule has 0 saturated carbocycles. The molecule has 0 aliphatic heterocycles. The number of Topliss-reactive ketones (excluding diaryl/α,β-unsaturated/α-hetero) is 1. The average molecular weight is 461 g/mol. The third kappa shape index (κ3) is 8.18. The van der Waals surface area contributed by atoms with Crippen molar-refractivity contribution in [3.8, 4) is 0 Å². The van der Waals surface area contributed by atoms with E-state index in [2.05, 4.69) is 27.9 Å². The molecule has 1 aromatic carbocycles. The maximum Gasteiger partial charge on any atom is 0.408 e. The summed E-state index contributed by atoms with van der Waals surface area (Å²) in [5.74, 6) is -0.207. The molecule has 1 amide bonds. The van der Waals surface area contributed by atoms with Crippen LogP contribution in [-0.4, -0.2) is 35.2 Å². The van der Waals surface area contributed by atoms with Crippen molar-refractivity contribution in [1.82, 2.24) is 5.32 Å². The summed E-state index contributed by atoms with van der Waals surface area (Å²) in [5, 5.41) is 2.68. The first-order valence-corrected chi connectivity index (χ1v) is 9.33. The van der Waals surface area contributed by atoms with Gasteiger partial charge in [-0.15, -0.1) is 0 Å². The molecule has 0 aliphatic rings. The summed E-state index contributed by atoms with van der Waals surface area (Å²) < 4.78 is 12.2. The summed E-state index contributed by atoms with van der Waals surface area (Å²) in [5.41, 5.74) is -0.565. The maximum absolute atomic E-state index is 13.0. The summed E-state index contributed by atoms with van der Waals surface area (Å²) >= 11 is 2.15. The molecule has 25 heavy (non-hydrogen) atoms. The van der Waals surface area contributed by atoms with E-state index in [1.165, 1.54) is 0 Å². The number of amides is 1. The van der Waals surface area contributed by atoms with Gasteiger partial charge >= 0.3 is 6.09 Å². The molecule has 140 valence electrons. The van der Waals surface area contributed by atoms with E-state index in [0.717, 1.165) is 3.57 Å². The fourth-order valence-corrected chi connectivity index (χ4v) is 2.82. The van der Waals surface area contributed by atoms with Crippen molar-refractivity contribution in [3.63, 3.8) is 0 Å². The largest absolute Gasteiger partial charge is 0.444 e. The second kappa shape index (κ2) is 8.49. The van der Waals surface area contributed by atoms with Crippen LogP contribution in [0.3, 0.4) is 0 Å². The predicted octanol–water partition coefficient (Wildman–Crippen LogP) is 4.57. The van der Waals surface area contributed by atoms with Crippen LogP contribution in [0.15, 0.2) is 24.3 Å². The molecule has 5 nitrogen and oxygen atoms in total. The topological polar surface area (TPSA) is 64.6 Å². The van der Waals surface area contributed by atoms with Crippen molar-refractivity contribution < 1.29 is 19.1 Å². The SMILES string of the molecule is CC(OC(C)(C)C)[C@H](NC(=O)OC(C)(C)C)C(=O)c1cccc(I)c1. The summed E-state index contributed by atoms with van der Waals surface area (Å²) in [6.45, 7) is 12.8. The Labute approximate surface area is 164 Å². The molecular weight excluding hydrogens is 433 g/mol. The van der Waals surface area contributed by atoms with Crippen molar-refractivity contribution in [2.75, 3.05) is 0 Å². The molecule has 6 heteroatoms. The number of carbonyl (C=O) groups is 2. The van der Waals surface area contributed by atoms with Gasteiger partial charge in [-0.25, -0.2) is 4.79 Å². The van der Waals surface area contributed by atoms with Gasteiger partial charge in [0.25, 0.3) is 0 Å². The highest BCUT2D eigenvalue weighted by molar-refractivity contribution is 14.1. The molecule has 1 N–H and O–H groups in total. The lowest BCUT2D eigenvalue weighted by Gasteiger charge is -2.31. The van der Waals surface area contributed by atoms with Gasteiger partial charge in [-0.05, 0) is 83.2 Å². The molecule has 0 bridgehead atoms. The normalized spacial score (nSPS) is 14.6. The quantitative estimate of drug-likeness (QED) is 0.516. The Morgan fingerprint density at radius 2 is 1.68 bits per heavy atom. The van der Waals surface area contributed by atoms with E-state index < -0.39 is 29.4 Å². The standard InChI is InChI=1S/C19H28INO4/c1-12(24-18(2,3)4)15(21-17(23)25-19(5,6)7)16(22)13-9-8-10-14(20)11-13/h8-12,15H,1-7H3,(H,21,23)/t12?,15-/m0/s1. The zero-order valence-electron chi connectivity index (χ0n) is 16.0. The Morgan fingerprint density at radius 3 is 2.16 bits per heavy atom. The van der Waals surface area contributed by atoms with Crippen LogP contribution in [0.4, 0.5) is 4.79 Å². The van der Waals surface area contributed by atoms with Crippen molar-refractivity contribution >= 4 is 34.5 Å². The molecule has 0 aromatic heterocycles. The smallest absolute Gasteiger partial charge is 0.408 e. The molecule has 0 aliphatic carbocycles. The number of alkyl carbamates (subject to hydrolysis) is 1. The van der Waals surface area contributed by atoms with Gasteiger partial charge in [0.05, 0.1) is 11.7 Å². The fourth-order valence-electron chi connectivity index (χ4n) is 2.28. The van der Waals surface area contributed by atoms with Crippen LogP contribution in [0.5, 0.6) is 0 Å². The highest BCUT2D eigenvalue weighted by atomic mass is 127. The molecule has 1 rings (SSSR count). The minimum atomic E-state index is -0.840. The number of hydrogen-bond donors (Lipinski definition) is 1. The summed E-state index contributed by atoms with van der Waals surface area (Å²) in [6, 6.07) is 6.40. The number of nitrogens with one attached hydrogen (secondary N) is 1. The fraction of sp³-hybridized carbons (Fsp3) is 0.579. The van der Waals surface area contributed by atoms with E-state index >= 15 is 0 Å². The first kappa shape index (κ1) is 21.9. The molecule has 0 saturated heterocycles. The lowest BCUT2D eigenvalue weighted by Crippen LogP contribution is -2.51. The number of halogens is 1. The Morgan fingerprint density at radius 1 is 1.08 bits per heavy atom. The van der Waals surface area contributed by atoms with Crippen molar-refractivity contribution in [1.29, 1.82) is 0 Å². The van der Waals surface area contributed by atoms with E-state index in [0.29, 0.717) is 5.56 Å². The third-order valence-electron chi connectivity index (χ3n) is 3.07. The maximum atomic E-state index is 13.0. The van der Waals surface area contributed by atoms with Gasteiger partial charge in [-0.2, -0.15) is 0 Å². The summed E-state index contributed by atoms with van der Waals surface area (Å²) in [6.07, 6.45) is -1.15. The minimum absolute atomic E-state index is 0.207. The van der Waals surface area contributed by atoms with Gasteiger partial charge in [0.1, 0.15) is 11.6 Å². The number of rotatable bonds is 5. The van der Waals surface area contributed by atoms with E-state index in [-0.39, 0.29) is 5.78 Å². The average Bonchev–Trinajstić information content (AvgIpc) is 2.40. The van der Waals surface area contributed by atoms with Gasteiger partial charge in [-0.3, -0.25) is 4.79 Å². The van der Waals surface area contributed by atoms with Crippen molar-refractivity contribution in [3.05, 3.63) is 33.4 Å². The molecule has 0 fully saturated rings. The monoisotopic (exact) mass is 461 g/mol. The molecule has 0 heterocycles. The summed E-state index contributed by atoms with van der Waals surface area (Å²) in [7, 11) is 0. The Kier molecular flexibility index (Phi) is 7.43. The highest BCUT2D eigenvalue weighted by Gasteiger charge is 2.32. The number of hydrogen-bond acceptors (Lipinski definition) is 4. The van der Waals surface area contributed by atoms with Crippen LogP contribution in [0.2, 0.25) is 0 Å². The number of benzene rings is 1. The van der Waals surface area contributed by atoms with Crippen molar-refractivity contribution in [2.24, 2.45) is 0 Å². The van der Waals surface area contributed by atoms with Gasteiger partial charge in [0.2, 0.25) is 0 Å².